The van der Waals surface area contributed by atoms with Gasteiger partial charge >= 0.3 is 107 Å². The van der Waals surface area contributed by atoms with Gasteiger partial charge < -0.3 is 0 Å². The number of hydrogen-bond donors (Lipinski definition) is 0. The van der Waals surface area contributed by atoms with Crippen LogP contribution in [0.2, 0.25) is 42.8 Å². The van der Waals surface area contributed by atoms with Crippen LogP contribution in [0.15, 0.2) is 0 Å². The van der Waals surface area contributed by atoms with E-state index in [0.29, 0.717) is 0 Å². The van der Waals surface area contributed by atoms with Gasteiger partial charge in [0.2, 0.25) is 0 Å². The molecule has 10 saturated heterocycles. The van der Waals surface area contributed by atoms with Crippen molar-refractivity contribution in [1.29, 1.82) is 0 Å². The Morgan fingerprint density at radius 2 is 1.50 bits per heavy atom. The molecule has 10 aliphatic rings. The van der Waals surface area contributed by atoms with E-state index < -0.39 is 6.51 Å². The van der Waals surface area contributed by atoms with Gasteiger partial charge in [-0.15, -0.1) is 0 Å². The Bertz CT molecular complexity index is 968. The van der Waals surface area contributed by atoms with Gasteiger partial charge in [0.25, 0.3) is 0 Å². The number of alkyl halides is 1. The molecule has 18 heavy (non-hydrogen) atoms. The minimum atomic E-state index is -2.94. The molecule has 10 rings (SSSR count). The molecule has 0 amide bonds. The van der Waals surface area contributed by atoms with Gasteiger partial charge in [-0.25, -0.2) is 0 Å². The second-order valence-electron chi connectivity index (χ2n) is 11.3. The van der Waals surface area contributed by atoms with Gasteiger partial charge in [-0.2, -0.15) is 0 Å². The number of rotatable bonds is 4. The first-order chi connectivity index (χ1) is 8.43. The second kappa shape index (κ2) is 0.668. The average molecular weight is 350 g/mol. The van der Waals surface area contributed by atoms with Crippen molar-refractivity contribution in [2.75, 3.05) is 19.6 Å². The molecule has 100 valence electrons. The fourth-order valence-corrected chi connectivity index (χ4v) is 106. The van der Waals surface area contributed by atoms with Crippen molar-refractivity contribution in [2.24, 2.45) is 0 Å². The quantitative estimate of drug-likeness (QED) is 0.537. The molecule has 0 aromatic rings. The third kappa shape index (κ3) is 0.0769. The first-order valence-electron chi connectivity index (χ1n) is 8.05. The minimum absolute atomic E-state index is 0.891. The molecule has 0 bridgehead atoms. The van der Waals surface area contributed by atoms with E-state index in [4.69, 9.17) is 0 Å². The predicted octanol–water partition coefficient (Wildman–Crippen LogP) is 4.39. The van der Waals surface area contributed by atoms with E-state index in [-0.39, 0.29) is 0 Å². The van der Waals surface area contributed by atoms with Crippen LogP contribution in [-0.4, -0.2) is 27.8 Å². The van der Waals surface area contributed by atoms with E-state index in [1.165, 1.54) is 51.6 Å². The molecule has 0 aromatic heterocycles. The molecule has 0 saturated carbocycles. The van der Waals surface area contributed by atoms with Crippen molar-refractivity contribution in [3.05, 3.63) is 0 Å². The maximum absolute atomic E-state index is 4.55. The van der Waals surface area contributed by atoms with Crippen molar-refractivity contribution < 1.29 is 6.51 Å². The monoisotopic (exact) mass is 349 g/mol. The second-order valence-corrected chi connectivity index (χ2v) is 36.5. The van der Waals surface area contributed by atoms with Crippen LogP contribution in [0.25, 0.3) is 0 Å². The summed E-state index contributed by atoms with van der Waals surface area (Å²) in [5.74, 6) is 0. The van der Waals surface area contributed by atoms with Crippen LogP contribution in [0.1, 0.15) is 13.8 Å². The van der Waals surface area contributed by atoms with Crippen LogP contribution < -0.4 is 0 Å². The average Bonchev–Trinajstić information content (AvgIpc) is 3.32. The van der Waals surface area contributed by atoms with E-state index in [1.54, 1.807) is 6.54 Å². The van der Waals surface area contributed by atoms with E-state index in [2.05, 4.69) is 34.7 Å². The van der Waals surface area contributed by atoms with Gasteiger partial charge in [0, 0.05) is 0 Å². The summed E-state index contributed by atoms with van der Waals surface area (Å²) in [6, 6.07) is 0. The van der Waals surface area contributed by atoms with Crippen molar-refractivity contribution in [3.63, 3.8) is 0 Å². The summed E-state index contributed by atoms with van der Waals surface area (Å²) in [5, 5.41) is 0. The van der Waals surface area contributed by atoms with E-state index in [1.807, 2.05) is 0 Å². The first-order valence-corrected chi connectivity index (χ1v) is 15.0. The number of nitrogens with zero attached hydrogens (tertiary/aromatic N) is 1. The molecule has 1 spiro atoms. The van der Waals surface area contributed by atoms with E-state index >= 15 is 0 Å². The zero-order valence-electron chi connectivity index (χ0n) is 10.9. The van der Waals surface area contributed by atoms with Crippen molar-refractivity contribution in [1.82, 2.24) is 4.90 Å². The first kappa shape index (κ1) is 7.82. The fraction of sp³-hybridized carbons (Fsp3) is 1.00. The van der Waals surface area contributed by atoms with Crippen molar-refractivity contribution >= 4 is 15.9 Å². The van der Waals surface area contributed by atoms with Crippen molar-refractivity contribution in [2.45, 2.75) is 59.9 Å². The standard InChI is InChI=1S/C10H15BrN.C5H5.Fe/c1-3-12(4-2)8-9-6-5-7-10(9)11;1-2-4-5-3-1;/h5-7H,3-4,8H2,1-2H3;1-5H;. The third-order valence-corrected chi connectivity index (χ3v) is 66.9. The molecule has 0 aromatic carbocycles. The van der Waals surface area contributed by atoms with Crippen LogP contribution in [0.3, 0.4) is 0 Å². The molecular formula is C15H20BrFeN. The van der Waals surface area contributed by atoms with Crippen LogP contribution in [0.4, 0.5) is 0 Å². The zero-order chi connectivity index (χ0) is 11.6. The normalized spacial score (nSPS) is 118. The van der Waals surface area contributed by atoms with Gasteiger partial charge in [-0.1, -0.05) is 0 Å². The molecule has 0 aliphatic carbocycles. The van der Waals surface area contributed by atoms with Gasteiger partial charge in [0.1, 0.15) is 0 Å². The number of halogens is 1. The van der Waals surface area contributed by atoms with Crippen molar-refractivity contribution in [3.8, 4) is 0 Å². The predicted molar refractivity (Wildman–Crippen MR) is 72.1 cm³/mol. The SMILES string of the molecule is CCN(CC)C[C]12[CH]3[CH]4[CH]5[C]1(Br)[Fe]45321678[CH]2[CH]1[CH]6[CH]7[CH]28. The summed E-state index contributed by atoms with van der Waals surface area (Å²) in [6.45, 7) is 5.97. The number of hydrogen-bond acceptors (Lipinski definition) is 1. The summed E-state index contributed by atoms with van der Waals surface area (Å²) in [5.41, 5.74) is 0. The molecule has 10 fully saturated rings. The van der Waals surface area contributed by atoms with Gasteiger partial charge in [0.15, 0.2) is 0 Å². The molecule has 5 atom stereocenters. The summed E-state index contributed by atoms with van der Waals surface area (Å²) in [7, 11) is 0. The van der Waals surface area contributed by atoms with E-state index in [9.17, 15) is 0 Å². The number of fused-ring (bicyclic) bond motifs is 10. The Morgan fingerprint density at radius 1 is 0.944 bits per heavy atom. The third-order valence-electron chi connectivity index (χ3n) is 16.3. The molecule has 5 unspecified atom stereocenters. The van der Waals surface area contributed by atoms with Crippen LogP contribution in [0, 0.1) is 0 Å². The summed E-state index contributed by atoms with van der Waals surface area (Å²) < 4.78 is 1.89. The van der Waals surface area contributed by atoms with Crippen LogP contribution in [0.5, 0.6) is 0 Å². The topological polar surface area (TPSA) is 3.24 Å². The van der Waals surface area contributed by atoms with Gasteiger partial charge in [-0.05, 0) is 0 Å². The molecule has 0 radical (unpaired) electrons. The molecule has 10 aliphatic heterocycles. The van der Waals surface area contributed by atoms with Crippen LogP contribution >= 0.6 is 15.9 Å². The van der Waals surface area contributed by atoms with E-state index in [0.717, 1.165) is 7.54 Å². The maximum atomic E-state index is 4.55. The summed E-state index contributed by atoms with van der Waals surface area (Å²) in [6.07, 6.45) is 0. The molecule has 0 N–H and O–H groups in total. The Labute approximate surface area is 106 Å². The summed E-state index contributed by atoms with van der Waals surface area (Å²) in [4.78, 5) is 14.3. The van der Waals surface area contributed by atoms with Gasteiger partial charge in [0.05, 0.1) is 0 Å². The Hall–Kier alpha value is 0.959. The molecule has 10 heterocycles. The Kier molecular flexibility index (Phi) is 0.290. The van der Waals surface area contributed by atoms with Crippen LogP contribution in [-0.2, 0) is 6.51 Å². The fourth-order valence-electron chi connectivity index (χ4n) is 17.9. The Morgan fingerprint density at radius 3 is 1.72 bits per heavy atom. The molecule has 3 heteroatoms. The van der Waals surface area contributed by atoms with Gasteiger partial charge in [-0.3, -0.25) is 0 Å². The summed E-state index contributed by atoms with van der Waals surface area (Å²) >= 11 is 4.55. The molecule has 1 nitrogen and oxygen atoms in total. The molecular weight excluding hydrogens is 330 g/mol. The Balaban J connectivity index is 1.47. The zero-order valence-corrected chi connectivity index (χ0v) is 13.6.